The number of pyridine rings is 1. The minimum Gasteiger partial charge on any atom is -0.383 e. The van der Waals surface area contributed by atoms with Gasteiger partial charge in [0.2, 0.25) is 0 Å². The van der Waals surface area contributed by atoms with Gasteiger partial charge in [0.25, 0.3) is 0 Å². The molecule has 0 aliphatic carbocycles. The van der Waals surface area contributed by atoms with Crippen molar-refractivity contribution in [2.75, 3.05) is 18.4 Å². The Bertz CT molecular complexity index is 1070. The Hall–Kier alpha value is -3.11. The highest BCUT2D eigenvalue weighted by atomic mass is 15.2. The van der Waals surface area contributed by atoms with Crippen LogP contribution in [0.2, 0.25) is 0 Å². The molecule has 0 radical (unpaired) electrons. The lowest BCUT2D eigenvalue weighted by molar-refractivity contribution is 0.272. The predicted octanol–water partition coefficient (Wildman–Crippen LogP) is 4.66. The maximum Gasteiger partial charge on any atom is 0.0722 e. The fraction of sp³-hybridized carbons (Fsp3) is 0.174. The van der Waals surface area contributed by atoms with Crippen molar-refractivity contribution in [2.24, 2.45) is 0 Å². The second-order valence-corrected chi connectivity index (χ2v) is 7.09. The van der Waals surface area contributed by atoms with Gasteiger partial charge in [-0.15, -0.1) is 0 Å². The number of nitrogens with one attached hydrogen (secondary N) is 2. The molecule has 0 saturated carbocycles. The fourth-order valence-corrected chi connectivity index (χ4v) is 3.85. The summed E-state index contributed by atoms with van der Waals surface area (Å²) in [5.74, 6) is 0. The molecular formula is C23H22N4. The minimum absolute atomic E-state index is 0.907. The topological polar surface area (TPSA) is 44.0 Å². The van der Waals surface area contributed by atoms with E-state index in [9.17, 15) is 0 Å². The highest BCUT2D eigenvalue weighted by Crippen LogP contribution is 2.27. The number of hydrogen-bond acceptors (Lipinski definition) is 3. The van der Waals surface area contributed by atoms with Crippen molar-refractivity contribution in [2.45, 2.75) is 13.1 Å². The Balaban J connectivity index is 1.40. The summed E-state index contributed by atoms with van der Waals surface area (Å²) < 4.78 is 0. The van der Waals surface area contributed by atoms with Crippen molar-refractivity contribution < 1.29 is 0 Å². The fourth-order valence-electron chi connectivity index (χ4n) is 3.85. The third kappa shape index (κ3) is 3.20. The van der Waals surface area contributed by atoms with Gasteiger partial charge in [-0.1, -0.05) is 48.5 Å². The van der Waals surface area contributed by atoms with Crippen LogP contribution in [0.3, 0.4) is 0 Å². The van der Waals surface area contributed by atoms with Crippen molar-refractivity contribution in [1.29, 1.82) is 0 Å². The third-order valence-electron chi connectivity index (χ3n) is 5.26. The Labute approximate surface area is 158 Å². The molecule has 4 aromatic rings. The molecule has 0 unspecified atom stereocenters. The number of benzene rings is 2. The minimum atomic E-state index is 0.907. The van der Waals surface area contributed by atoms with E-state index in [-0.39, 0.29) is 0 Å². The SMILES string of the molecule is c1ccc(-c2cc3c(cn2)CN(Cc2c[nH]c4ccccc24)CCN3)cc1. The summed E-state index contributed by atoms with van der Waals surface area (Å²) in [6.07, 6.45) is 4.17. The number of aromatic nitrogens is 2. The Morgan fingerprint density at radius 3 is 2.78 bits per heavy atom. The average Bonchev–Trinajstić information content (AvgIpc) is 3.01. The summed E-state index contributed by atoms with van der Waals surface area (Å²) in [5.41, 5.74) is 7.18. The summed E-state index contributed by atoms with van der Waals surface area (Å²) in [4.78, 5) is 10.6. The van der Waals surface area contributed by atoms with Gasteiger partial charge in [0.05, 0.1) is 5.69 Å². The Kier molecular flexibility index (Phi) is 4.11. The van der Waals surface area contributed by atoms with Crippen LogP contribution < -0.4 is 5.32 Å². The van der Waals surface area contributed by atoms with Crippen molar-refractivity contribution in [3.05, 3.63) is 84.2 Å². The lowest BCUT2D eigenvalue weighted by atomic mass is 10.1. The highest BCUT2D eigenvalue weighted by Gasteiger charge is 2.17. The second-order valence-electron chi connectivity index (χ2n) is 7.09. The molecule has 0 fully saturated rings. The number of rotatable bonds is 3. The molecule has 27 heavy (non-hydrogen) atoms. The zero-order chi connectivity index (χ0) is 18.1. The monoisotopic (exact) mass is 354 g/mol. The molecule has 2 aromatic heterocycles. The summed E-state index contributed by atoms with van der Waals surface area (Å²) in [6, 6.07) is 21.0. The van der Waals surface area contributed by atoms with E-state index in [0.717, 1.165) is 37.4 Å². The molecule has 2 aromatic carbocycles. The Morgan fingerprint density at radius 2 is 1.85 bits per heavy atom. The van der Waals surface area contributed by atoms with Crippen LogP contribution in [0.25, 0.3) is 22.2 Å². The van der Waals surface area contributed by atoms with Crippen LogP contribution in [-0.2, 0) is 13.1 Å². The molecule has 0 atom stereocenters. The van der Waals surface area contributed by atoms with Gasteiger partial charge in [-0.3, -0.25) is 9.88 Å². The molecule has 0 saturated heterocycles. The van der Waals surface area contributed by atoms with E-state index in [1.54, 1.807) is 0 Å². The van der Waals surface area contributed by atoms with Gasteiger partial charge in [0.15, 0.2) is 0 Å². The number of H-pyrrole nitrogens is 1. The quantitative estimate of drug-likeness (QED) is 0.562. The van der Waals surface area contributed by atoms with Crippen LogP contribution in [-0.4, -0.2) is 28.0 Å². The molecular weight excluding hydrogens is 332 g/mol. The lowest BCUT2D eigenvalue weighted by Gasteiger charge is -2.19. The van der Waals surface area contributed by atoms with Gasteiger partial charge in [-0.05, 0) is 17.7 Å². The van der Waals surface area contributed by atoms with Crippen LogP contribution in [0, 0.1) is 0 Å². The molecule has 1 aliphatic heterocycles. The maximum atomic E-state index is 4.71. The highest BCUT2D eigenvalue weighted by molar-refractivity contribution is 5.83. The van der Waals surface area contributed by atoms with Crippen LogP contribution in [0.5, 0.6) is 0 Å². The van der Waals surface area contributed by atoms with Crippen LogP contribution >= 0.6 is 0 Å². The molecule has 2 N–H and O–H groups in total. The van der Waals surface area contributed by atoms with Crippen molar-refractivity contribution >= 4 is 16.6 Å². The number of fused-ring (bicyclic) bond motifs is 2. The van der Waals surface area contributed by atoms with Gasteiger partial charge in [-0.2, -0.15) is 0 Å². The number of para-hydroxylation sites is 1. The average molecular weight is 354 g/mol. The molecule has 4 heteroatoms. The summed E-state index contributed by atoms with van der Waals surface area (Å²) >= 11 is 0. The van der Waals surface area contributed by atoms with Crippen molar-refractivity contribution in [1.82, 2.24) is 14.9 Å². The van der Waals surface area contributed by atoms with Crippen molar-refractivity contribution in [3.8, 4) is 11.3 Å². The number of hydrogen-bond donors (Lipinski definition) is 2. The second kappa shape index (κ2) is 6.89. The molecule has 3 heterocycles. The zero-order valence-corrected chi connectivity index (χ0v) is 15.2. The maximum absolute atomic E-state index is 4.71. The molecule has 0 bridgehead atoms. The largest absolute Gasteiger partial charge is 0.383 e. The normalized spacial score (nSPS) is 14.5. The van der Waals surface area contributed by atoms with Gasteiger partial charge in [-0.25, -0.2) is 0 Å². The van der Waals surface area contributed by atoms with E-state index in [1.165, 1.54) is 27.7 Å². The van der Waals surface area contributed by atoms with Crippen molar-refractivity contribution in [3.63, 3.8) is 0 Å². The first-order valence-electron chi connectivity index (χ1n) is 9.42. The van der Waals surface area contributed by atoms with E-state index >= 15 is 0 Å². The van der Waals surface area contributed by atoms with E-state index in [4.69, 9.17) is 4.98 Å². The molecule has 4 nitrogen and oxygen atoms in total. The number of nitrogens with zero attached hydrogens (tertiary/aromatic N) is 2. The van der Waals surface area contributed by atoms with E-state index in [1.807, 2.05) is 12.3 Å². The zero-order valence-electron chi connectivity index (χ0n) is 15.2. The first-order chi connectivity index (χ1) is 13.4. The van der Waals surface area contributed by atoms with Crippen LogP contribution in [0.4, 0.5) is 5.69 Å². The molecule has 134 valence electrons. The Morgan fingerprint density at radius 1 is 1.00 bits per heavy atom. The van der Waals surface area contributed by atoms with Gasteiger partial charge < -0.3 is 10.3 Å². The molecule has 1 aliphatic rings. The van der Waals surface area contributed by atoms with Gasteiger partial charge in [0, 0.05) is 66.3 Å². The molecule has 0 amide bonds. The smallest absolute Gasteiger partial charge is 0.0722 e. The summed E-state index contributed by atoms with van der Waals surface area (Å²) in [5, 5.41) is 4.91. The molecule has 0 spiro atoms. The summed E-state index contributed by atoms with van der Waals surface area (Å²) in [6.45, 7) is 3.79. The van der Waals surface area contributed by atoms with E-state index in [2.05, 4.69) is 76.0 Å². The third-order valence-corrected chi connectivity index (χ3v) is 5.26. The van der Waals surface area contributed by atoms with E-state index < -0.39 is 0 Å². The standard InChI is InChI=1S/C23H22N4/c1-2-6-17(7-3-1)22-12-23-19(14-26-22)16-27(11-10-24-23)15-18-13-25-21-9-5-4-8-20(18)21/h1-9,12-14,24-25H,10-11,15-16H2. The van der Waals surface area contributed by atoms with Crippen LogP contribution in [0.1, 0.15) is 11.1 Å². The molecule has 5 rings (SSSR count). The first-order valence-corrected chi connectivity index (χ1v) is 9.42. The summed E-state index contributed by atoms with van der Waals surface area (Å²) in [7, 11) is 0. The first kappa shape index (κ1) is 16.1. The predicted molar refractivity (Wildman–Crippen MR) is 111 cm³/mol. The van der Waals surface area contributed by atoms with Crippen LogP contribution in [0.15, 0.2) is 73.1 Å². The number of anilines is 1. The van der Waals surface area contributed by atoms with Gasteiger partial charge in [0.1, 0.15) is 0 Å². The number of aromatic amines is 1. The lowest BCUT2D eigenvalue weighted by Crippen LogP contribution is -2.25. The van der Waals surface area contributed by atoms with E-state index in [0.29, 0.717) is 0 Å². The van der Waals surface area contributed by atoms with Gasteiger partial charge >= 0.3 is 0 Å².